The Hall–Kier alpha value is -1.12. The van der Waals surface area contributed by atoms with E-state index < -0.39 is 0 Å². The van der Waals surface area contributed by atoms with E-state index in [1.165, 1.54) is 4.90 Å². The average molecular weight is 209 g/mol. The van der Waals surface area contributed by atoms with Crippen molar-refractivity contribution >= 4 is 11.8 Å². The molecule has 1 atom stereocenters. The number of carbonyl (C=O) groups is 2. The van der Waals surface area contributed by atoms with E-state index in [9.17, 15) is 9.59 Å². The minimum absolute atomic E-state index is 0.0463. The molecule has 1 rings (SSSR count). The lowest BCUT2D eigenvalue weighted by atomic mass is 9.96. The maximum Gasteiger partial charge on any atom is 0.236 e. The molecule has 2 amide bonds. The molecule has 1 aliphatic heterocycles. The smallest absolute Gasteiger partial charge is 0.236 e. The summed E-state index contributed by atoms with van der Waals surface area (Å²) < 4.78 is 0. The molecule has 1 heterocycles. The Labute approximate surface area is 91.1 Å². The van der Waals surface area contributed by atoms with Crippen LogP contribution >= 0.6 is 0 Å². The molecule has 0 aromatic heterocycles. The molecule has 3 heteroatoms. The molecule has 0 spiro atoms. The van der Waals surface area contributed by atoms with Gasteiger partial charge in [-0.25, -0.2) is 0 Å². The van der Waals surface area contributed by atoms with Gasteiger partial charge in [0.2, 0.25) is 11.8 Å². The Bertz CT molecular complexity index is 312. The van der Waals surface area contributed by atoms with E-state index in [0.29, 0.717) is 13.0 Å². The Morgan fingerprint density at radius 3 is 2.33 bits per heavy atom. The van der Waals surface area contributed by atoms with Gasteiger partial charge in [0.15, 0.2) is 0 Å². The molecule has 0 aliphatic carbocycles. The molecule has 3 nitrogen and oxygen atoms in total. The molecular formula is C12H19NO2. The number of carbonyl (C=O) groups excluding carboxylic acids is 2. The zero-order valence-corrected chi connectivity index (χ0v) is 9.96. The van der Waals surface area contributed by atoms with Crippen LogP contribution < -0.4 is 0 Å². The van der Waals surface area contributed by atoms with E-state index >= 15 is 0 Å². The molecule has 0 radical (unpaired) electrons. The largest absolute Gasteiger partial charge is 0.282 e. The van der Waals surface area contributed by atoms with Gasteiger partial charge in [0.1, 0.15) is 0 Å². The molecule has 1 saturated heterocycles. The summed E-state index contributed by atoms with van der Waals surface area (Å²) in [5, 5.41) is 0. The fourth-order valence-corrected chi connectivity index (χ4v) is 1.71. The molecule has 15 heavy (non-hydrogen) atoms. The Balaban J connectivity index is 2.80. The third-order valence-corrected chi connectivity index (χ3v) is 2.47. The summed E-state index contributed by atoms with van der Waals surface area (Å²) in [5.41, 5.74) is 0.736. The van der Waals surface area contributed by atoms with Crippen LogP contribution in [0.5, 0.6) is 0 Å². The van der Waals surface area contributed by atoms with Crippen LogP contribution in [-0.4, -0.2) is 23.3 Å². The monoisotopic (exact) mass is 209 g/mol. The fourth-order valence-electron chi connectivity index (χ4n) is 1.71. The average Bonchev–Trinajstić information content (AvgIpc) is 2.29. The highest BCUT2D eigenvalue weighted by atomic mass is 16.2. The van der Waals surface area contributed by atoms with Gasteiger partial charge in [-0.05, 0) is 12.3 Å². The first-order valence-electron chi connectivity index (χ1n) is 5.22. The second-order valence-corrected chi connectivity index (χ2v) is 5.48. The minimum atomic E-state index is -0.292. The predicted octanol–water partition coefficient (Wildman–Crippen LogP) is 1.98. The number of likely N-dealkylation sites (tertiary alicyclic amines) is 1. The summed E-state index contributed by atoms with van der Waals surface area (Å²) in [6.45, 7) is 12.1. The summed E-state index contributed by atoms with van der Waals surface area (Å²) >= 11 is 0. The standard InChI is InChI=1S/C12H19NO2/c1-8(2)9-6-10(14)13(11(9)15)7-12(3,4)5/h9H,1,6-7H2,2-5H3. The zero-order chi connectivity index (χ0) is 11.8. The highest BCUT2D eigenvalue weighted by molar-refractivity contribution is 6.04. The van der Waals surface area contributed by atoms with Gasteiger partial charge in [0.05, 0.1) is 5.92 Å². The molecule has 0 aromatic carbocycles. The van der Waals surface area contributed by atoms with Crippen LogP contribution in [-0.2, 0) is 9.59 Å². The lowest BCUT2D eigenvalue weighted by Crippen LogP contribution is -2.37. The van der Waals surface area contributed by atoms with Crippen LogP contribution in [0, 0.1) is 11.3 Å². The molecular weight excluding hydrogens is 190 g/mol. The number of hydrogen-bond acceptors (Lipinski definition) is 2. The van der Waals surface area contributed by atoms with E-state index in [0.717, 1.165) is 5.57 Å². The highest BCUT2D eigenvalue weighted by Gasteiger charge is 2.40. The van der Waals surface area contributed by atoms with Crippen molar-refractivity contribution in [2.45, 2.75) is 34.1 Å². The third-order valence-electron chi connectivity index (χ3n) is 2.47. The number of hydrogen-bond donors (Lipinski definition) is 0. The summed E-state index contributed by atoms with van der Waals surface area (Å²) in [4.78, 5) is 24.9. The quantitative estimate of drug-likeness (QED) is 0.515. The maximum absolute atomic E-state index is 11.9. The molecule has 1 fully saturated rings. The van der Waals surface area contributed by atoms with Crippen molar-refractivity contribution in [2.24, 2.45) is 11.3 Å². The molecule has 0 aromatic rings. The van der Waals surface area contributed by atoms with Gasteiger partial charge < -0.3 is 0 Å². The number of rotatable bonds is 2. The van der Waals surface area contributed by atoms with Gasteiger partial charge in [0.25, 0.3) is 0 Å². The first kappa shape index (κ1) is 12.0. The molecule has 0 saturated carbocycles. The van der Waals surface area contributed by atoms with Gasteiger partial charge in [0, 0.05) is 13.0 Å². The second-order valence-electron chi connectivity index (χ2n) is 5.48. The molecule has 1 unspecified atom stereocenters. The van der Waals surface area contributed by atoms with Gasteiger partial charge >= 0.3 is 0 Å². The van der Waals surface area contributed by atoms with Gasteiger partial charge in [-0.3, -0.25) is 14.5 Å². The predicted molar refractivity (Wildman–Crippen MR) is 59.1 cm³/mol. The SMILES string of the molecule is C=C(C)C1CC(=O)N(CC(C)(C)C)C1=O. The van der Waals surface area contributed by atoms with Crippen molar-refractivity contribution in [2.75, 3.05) is 6.54 Å². The van der Waals surface area contributed by atoms with Crippen molar-refractivity contribution in [3.05, 3.63) is 12.2 Å². The normalized spacial score (nSPS) is 22.4. The fraction of sp³-hybridized carbons (Fsp3) is 0.667. The molecule has 84 valence electrons. The van der Waals surface area contributed by atoms with Crippen LogP contribution in [0.1, 0.15) is 34.1 Å². The maximum atomic E-state index is 11.9. The first-order valence-corrected chi connectivity index (χ1v) is 5.22. The van der Waals surface area contributed by atoms with Crippen molar-refractivity contribution in [1.82, 2.24) is 4.90 Å². The Morgan fingerprint density at radius 1 is 1.47 bits per heavy atom. The Kier molecular flexibility index (Phi) is 3.03. The van der Waals surface area contributed by atoms with E-state index in [-0.39, 0.29) is 23.1 Å². The first-order chi connectivity index (χ1) is 6.72. The van der Waals surface area contributed by atoms with Gasteiger partial charge in [-0.1, -0.05) is 32.9 Å². The molecule has 0 bridgehead atoms. The zero-order valence-electron chi connectivity index (χ0n) is 9.96. The molecule has 1 aliphatic rings. The lowest BCUT2D eigenvalue weighted by molar-refractivity contribution is -0.140. The van der Waals surface area contributed by atoms with Crippen LogP contribution in [0.15, 0.2) is 12.2 Å². The van der Waals surface area contributed by atoms with Gasteiger partial charge in [-0.2, -0.15) is 0 Å². The van der Waals surface area contributed by atoms with Crippen molar-refractivity contribution in [3.63, 3.8) is 0 Å². The molecule has 0 N–H and O–H groups in total. The van der Waals surface area contributed by atoms with Gasteiger partial charge in [-0.15, -0.1) is 0 Å². The van der Waals surface area contributed by atoms with E-state index in [1.807, 2.05) is 20.8 Å². The number of nitrogens with zero attached hydrogens (tertiary/aromatic N) is 1. The van der Waals surface area contributed by atoms with Crippen molar-refractivity contribution in [3.8, 4) is 0 Å². The number of amides is 2. The van der Waals surface area contributed by atoms with Crippen molar-refractivity contribution < 1.29 is 9.59 Å². The van der Waals surface area contributed by atoms with E-state index in [4.69, 9.17) is 0 Å². The summed E-state index contributed by atoms with van der Waals surface area (Å²) in [5.74, 6) is -0.440. The topological polar surface area (TPSA) is 37.4 Å². The Morgan fingerprint density at radius 2 is 2.00 bits per heavy atom. The third kappa shape index (κ3) is 2.67. The number of imide groups is 1. The second kappa shape index (κ2) is 3.80. The van der Waals surface area contributed by atoms with Crippen LogP contribution in [0.3, 0.4) is 0 Å². The summed E-state index contributed by atoms with van der Waals surface area (Å²) in [7, 11) is 0. The van der Waals surface area contributed by atoms with E-state index in [2.05, 4.69) is 6.58 Å². The minimum Gasteiger partial charge on any atom is -0.282 e. The van der Waals surface area contributed by atoms with Crippen molar-refractivity contribution in [1.29, 1.82) is 0 Å². The summed E-state index contributed by atoms with van der Waals surface area (Å²) in [6.07, 6.45) is 0.296. The van der Waals surface area contributed by atoms with E-state index in [1.54, 1.807) is 6.92 Å². The summed E-state index contributed by atoms with van der Waals surface area (Å²) in [6, 6.07) is 0. The highest BCUT2D eigenvalue weighted by Crippen LogP contribution is 2.28. The van der Waals surface area contributed by atoms with Crippen LogP contribution in [0.25, 0.3) is 0 Å². The van der Waals surface area contributed by atoms with Crippen LogP contribution in [0.2, 0.25) is 0 Å². The van der Waals surface area contributed by atoms with Crippen LogP contribution in [0.4, 0.5) is 0 Å². The lowest BCUT2D eigenvalue weighted by Gasteiger charge is -2.25.